The maximum atomic E-state index is 13.6. The molecule has 0 bridgehead atoms. The summed E-state index contributed by atoms with van der Waals surface area (Å²) >= 11 is 1.24. The number of carbonyl (C=O) groups is 1. The van der Waals surface area contributed by atoms with Crippen molar-refractivity contribution in [3.05, 3.63) is 115 Å². The Labute approximate surface area is 222 Å². The third-order valence-electron chi connectivity index (χ3n) is 5.93. The number of hydrogen-bond donors (Lipinski definition) is 0. The van der Waals surface area contributed by atoms with Crippen molar-refractivity contribution in [3.63, 3.8) is 0 Å². The first-order chi connectivity index (χ1) is 18.7. The summed E-state index contributed by atoms with van der Waals surface area (Å²) in [5.74, 6) is 0.388. The van der Waals surface area contributed by atoms with Crippen LogP contribution in [0.2, 0.25) is 0 Å². The Bertz CT molecular complexity index is 1660. The summed E-state index contributed by atoms with van der Waals surface area (Å²) in [7, 11) is 0. The number of aromatic nitrogens is 9. The van der Waals surface area contributed by atoms with Crippen molar-refractivity contribution in [2.45, 2.75) is 17.5 Å². The minimum Gasteiger partial charge on any atom is -0.291 e. The number of nitrogens with zero attached hydrogens (tertiary/aromatic N) is 9. The van der Waals surface area contributed by atoms with Gasteiger partial charge in [0.2, 0.25) is 0 Å². The van der Waals surface area contributed by atoms with E-state index in [1.54, 1.807) is 16.8 Å². The molecule has 38 heavy (non-hydrogen) atoms. The summed E-state index contributed by atoms with van der Waals surface area (Å²) in [4.78, 5) is 17.7. The van der Waals surface area contributed by atoms with E-state index in [2.05, 4.69) is 30.6 Å². The normalized spacial score (nSPS) is 11.9. The molecule has 0 aliphatic heterocycles. The van der Waals surface area contributed by atoms with Crippen LogP contribution >= 0.6 is 11.8 Å². The van der Waals surface area contributed by atoms with E-state index in [9.17, 15) is 4.79 Å². The number of hydrogen-bond acceptors (Lipinski definition) is 8. The van der Waals surface area contributed by atoms with Crippen LogP contribution in [0.15, 0.2) is 109 Å². The van der Waals surface area contributed by atoms with E-state index in [0.717, 1.165) is 17.1 Å². The maximum Gasteiger partial charge on any atom is 0.198 e. The number of carbonyl (C=O) groups excluding carboxylic acids is 1. The van der Waals surface area contributed by atoms with E-state index in [-0.39, 0.29) is 5.78 Å². The van der Waals surface area contributed by atoms with Gasteiger partial charge in [0.25, 0.3) is 0 Å². The maximum absolute atomic E-state index is 13.6. The molecule has 1 atom stereocenters. The zero-order valence-corrected chi connectivity index (χ0v) is 21.1. The van der Waals surface area contributed by atoms with Crippen molar-refractivity contribution in [2.75, 3.05) is 0 Å². The number of ketones is 1. The summed E-state index contributed by atoms with van der Waals surface area (Å²) in [6.45, 7) is 1.94. The number of thioether (sulfide) groups is 1. The van der Waals surface area contributed by atoms with Crippen LogP contribution in [-0.2, 0) is 0 Å². The van der Waals surface area contributed by atoms with Crippen LogP contribution in [0.1, 0.15) is 21.4 Å². The molecule has 0 radical (unpaired) electrons. The molecule has 3 aromatic heterocycles. The first kappa shape index (κ1) is 23.5. The standard InChI is InChI=1S/C27H21N9OS/c1-19-23(30-33-36(19)22-15-9-4-10-16-22)25-31-32-27(35(25)21-13-7-3-8-14-21)38-26(34-18-28-17-29-34)24(37)20-11-5-2-6-12-20/h2-18,26H,1H3/t26-/m1/s1. The van der Waals surface area contributed by atoms with Gasteiger partial charge in [-0.1, -0.05) is 83.7 Å². The van der Waals surface area contributed by atoms with Crippen LogP contribution in [0.5, 0.6) is 0 Å². The molecular formula is C27H21N9OS. The molecule has 10 nitrogen and oxygen atoms in total. The van der Waals surface area contributed by atoms with E-state index in [4.69, 9.17) is 0 Å². The van der Waals surface area contributed by atoms with Crippen molar-refractivity contribution in [3.8, 4) is 22.9 Å². The lowest BCUT2D eigenvalue weighted by molar-refractivity contribution is 0.0962. The highest BCUT2D eigenvalue weighted by Gasteiger charge is 2.29. The number of benzene rings is 3. The molecular weight excluding hydrogens is 498 g/mol. The van der Waals surface area contributed by atoms with Gasteiger partial charge < -0.3 is 0 Å². The van der Waals surface area contributed by atoms with Crippen molar-refractivity contribution >= 4 is 17.5 Å². The Hall–Kier alpha value is -4.90. The fourth-order valence-electron chi connectivity index (χ4n) is 4.07. The molecule has 0 saturated heterocycles. The monoisotopic (exact) mass is 519 g/mol. The average Bonchev–Trinajstić information content (AvgIpc) is 3.73. The highest BCUT2D eigenvalue weighted by atomic mass is 32.2. The second-order valence-electron chi connectivity index (χ2n) is 8.32. The van der Waals surface area contributed by atoms with E-state index in [1.807, 2.05) is 90.4 Å². The third-order valence-corrected chi connectivity index (χ3v) is 7.06. The highest BCUT2D eigenvalue weighted by molar-refractivity contribution is 7.99. The van der Waals surface area contributed by atoms with Gasteiger partial charge in [-0.3, -0.25) is 9.36 Å². The molecule has 0 N–H and O–H groups in total. The minimum absolute atomic E-state index is 0.128. The van der Waals surface area contributed by atoms with Crippen LogP contribution in [-0.4, -0.2) is 50.3 Å². The van der Waals surface area contributed by atoms with Crippen molar-refractivity contribution in [2.24, 2.45) is 0 Å². The van der Waals surface area contributed by atoms with E-state index in [0.29, 0.717) is 22.2 Å². The summed E-state index contributed by atoms with van der Waals surface area (Å²) in [5, 5.41) is 21.9. The first-order valence-electron chi connectivity index (χ1n) is 11.8. The van der Waals surface area contributed by atoms with Crippen LogP contribution in [0, 0.1) is 6.92 Å². The van der Waals surface area contributed by atoms with Gasteiger partial charge in [0.05, 0.1) is 11.4 Å². The number of para-hydroxylation sites is 2. The van der Waals surface area contributed by atoms with Gasteiger partial charge in [-0.15, -0.1) is 15.3 Å². The smallest absolute Gasteiger partial charge is 0.198 e. The van der Waals surface area contributed by atoms with Crippen LogP contribution < -0.4 is 0 Å². The Morgan fingerprint density at radius 1 is 0.816 bits per heavy atom. The Balaban J connectivity index is 1.46. The quantitative estimate of drug-likeness (QED) is 0.212. The fourth-order valence-corrected chi connectivity index (χ4v) is 5.12. The van der Waals surface area contributed by atoms with Gasteiger partial charge in [0.1, 0.15) is 12.7 Å². The van der Waals surface area contributed by atoms with Gasteiger partial charge in [-0.05, 0) is 31.2 Å². The number of rotatable bonds is 8. The average molecular weight is 520 g/mol. The Kier molecular flexibility index (Phi) is 6.32. The van der Waals surface area contributed by atoms with Crippen molar-refractivity contribution < 1.29 is 4.79 Å². The minimum atomic E-state index is -0.750. The molecule has 0 saturated carbocycles. The zero-order valence-electron chi connectivity index (χ0n) is 20.2. The van der Waals surface area contributed by atoms with Crippen molar-refractivity contribution in [1.82, 2.24) is 44.5 Å². The van der Waals surface area contributed by atoms with E-state index < -0.39 is 5.37 Å². The summed E-state index contributed by atoms with van der Waals surface area (Å²) in [5.41, 5.74) is 3.68. The summed E-state index contributed by atoms with van der Waals surface area (Å²) in [6, 6.07) is 28.6. The Morgan fingerprint density at radius 3 is 2.13 bits per heavy atom. The molecule has 6 rings (SSSR count). The molecule has 186 valence electrons. The molecule has 3 aromatic carbocycles. The predicted molar refractivity (Wildman–Crippen MR) is 142 cm³/mol. The molecule has 0 fully saturated rings. The molecule has 0 aliphatic rings. The topological polar surface area (TPSA) is 109 Å². The van der Waals surface area contributed by atoms with Gasteiger partial charge in [0.15, 0.2) is 27.8 Å². The lowest BCUT2D eigenvalue weighted by atomic mass is 10.1. The van der Waals surface area contributed by atoms with Gasteiger partial charge in [0, 0.05) is 11.3 Å². The summed E-state index contributed by atoms with van der Waals surface area (Å²) in [6.07, 6.45) is 2.93. The largest absolute Gasteiger partial charge is 0.291 e. The summed E-state index contributed by atoms with van der Waals surface area (Å²) < 4.78 is 5.18. The molecule has 0 unspecified atom stereocenters. The molecule has 6 aromatic rings. The van der Waals surface area contributed by atoms with Crippen LogP contribution in [0.25, 0.3) is 22.9 Å². The van der Waals surface area contributed by atoms with E-state index in [1.165, 1.54) is 29.1 Å². The van der Waals surface area contributed by atoms with Crippen LogP contribution in [0.4, 0.5) is 0 Å². The van der Waals surface area contributed by atoms with E-state index >= 15 is 0 Å². The van der Waals surface area contributed by atoms with Crippen molar-refractivity contribution in [1.29, 1.82) is 0 Å². The fraction of sp³-hybridized carbons (Fsp3) is 0.0741. The second kappa shape index (κ2) is 10.2. The van der Waals surface area contributed by atoms with Crippen LogP contribution in [0.3, 0.4) is 0 Å². The lowest BCUT2D eigenvalue weighted by Crippen LogP contribution is -2.18. The number of Topliss-reactive ketones (excluding diaryl/α,β-unsaturated/α-hetero) is 1. The SMILES string of the molecule is Cc1c(-c2nnc(S[C@H](C(=O)c3ccccc3)n3cncn3)n2-c2ccccc2)nnn1-c1ccccc1. The predicted octanol–water partition coefficient (Wildman–Crippen LogP) is 4.59. The highest BCUT2D eigenvalue weighted by Crippen LogP contribution is 2.36. The molecule has 0 amide bonds. The van der Waals surface area contributed by atoms with Gasteiger partial charge in [-0.2, -0.15) is 5.10 Å². The van der Waals surface area contributed by atoms with Gasteiger partial charge >= 0.3 is 0 Å². The second-order valence-corrected chi connectivity index (χ2v) is 9.37. The van der Waals surface area contributed by atoms with Gasteiger partial charge in [-0.25, -0.2) is 14.3 Å². The molecule has 11 heteroatoms. The first-order valence-corrected chi connectivity index (χ1v) is 12.7. The molecule has 3 heterocycles. The molecule has 0 spiro atoms. The zero-order chi connectivity index (χ0) is 25.9. The molecule has 0 aliphatic carbocycles. The Morgan fingerprint density at radius 2 is 1.47 bits per heavy atom. The third kappa shape index (κ3) is 4.39. The lowest BCUT2D eigenvalue weighted by Gasteiger charge is -2.16.